The van der Waals surface area contributed by atoms with E-state index in [0.29, 0.717) is 5.92 Å². The smallest absolute Gasteiger partial charge is 0.0974 e. The molecule has 0 saturated heterocycles. The Morgan fingerprint density at radius 1 is 0.512 bits per heavy atom. The Morgan fingerprint density at radius 2 is 1.20 bits per heavy atom. The van der Waals surface area contributed by atoms with E-state index in [0.717, 1.165) is 22.1 Å². The molecule has 5 aromatic carbocycles. The molecule has 0 radical (unpaired) electrons. The molecule has 2 heteroatoms. The molecule has 41 heavy (non-hydrogen) atoms. The van der Waals surface area contributed by atoms with Gasteiger partial charge in [0.25, 0.3) is 0 Å². The molecule has 2 aromatic heterocycles. The molecule has 198 valence electrons. The second-order valence-electron chi connectivity index (χ2n) is 11.7. The lowest BCUT2D eigenvalue weighted by Gasteiger charge is -2.22. The van der Waals surface area contributed by atoms with Crippen LogP contribution < -0.4 is 0 Å². The molecule has 8 rings (SSSR count). The summed E-state index contributed by atoms with van der Waals surface area (Å²) in [5.74, 6) is 0.528. The molecule has 2 nitrogen and oxygen atoms in total. The van der Waals surface area contributed by atoms with E-state index < -0.39 is 0 Å². The summed E-state index contributed by atoms with van der Waals surface area (Å²) < 4.78 is 0. The second-order valence-corrected chi connectivity index (χ2v) is 11.7. The van der Waals surface area contributed by atoms with E-state index in [2.05, 4.69) is 116 Å². The van der Waals surface area contributed by atoms with Gasteiger partial charge in [0.15, 0.2) is 0 Å². The van der Waals surface area contributed by atoms with Crippen LogP contribution in [0.2, 0.25) is 0 Å². The Kier molecular flexibility index (Phi) is 5.81. The van der Waals surface area contributed by atoms with Gasteiger partial charge in [-0.25, -0.2) is 0 Å². The van der Waals surface area contributed by atoms with Gasteiger partial charge < -0.3 is 0 Å². The molecule has 1 aliphatic rings. The first kappa shape index (κ1) is 24.3. The van der Waals surface area contributed by atoms with Gasteiger partial charge in [-0.2, -0.15) is 0 Å². The SMILES string of the molecule is Cc1ccc2ccc3c(-c4ccc(-c5ccc6c(ccc7ccccc76)c5)cc4)cc(C4CCCCC4)nc3c2n1. The number of hydrogen-bond acceptors (Lipinski definition) is 2. The first-order valence-corrected chi connectivity index (χ1v) is 14.9. The van der Waals surface area contributed by atoms with Crippen molar-refractivity contribution in [2.45, 2.75) is 44.9 Å². The Bertz CT molecular complexity index is 2080. The minimum Gasteiger partial charge on any atom is -0.251 e. The number of fused-ring (bicyclic) bond motifs is 6. The zero-order chi connectivity index (χ0) is 27.3. The topological polar surface area (TPSA) is 25.8 Å². The van der Waals surface area contributed by atoms with Crippen molar-refractivity contribution in [2.24, 2.45) is 0 Å². The van der Waals surface area contributed by atoms with E-state index in [1.165, 1.54) is 87.0 Å². The van der Waals surface area contributed by atoms with E-state index in [9.17, 15) is 0 Å². The number of rotatable bonds is 3. The van der Waals surface area contributed by atoms with Crippen molar-refractivity contribution in [3.05, 3.63) is 121 Å². The van der Waals surface area contributed by atoms with Crippen molar-refractivity contribution in [1.82, 2.24) is 9.97 Å². The van der Waals surface area contributed by atoms with Gasteiger partial charge in [0.1, 0.15) is 0 Å². The number of aryl methyl sites for hydroxylation is 1. The molecule has 7 aromatic rings. The van der Waals surface area contributed by atoms with Crippen LogP contribution in [0.4, 0.5) is 0 Å². The molecule has 0 atom stereocenters. The highest BCUT2D eigenvalue weighted by atomic mass is 14.8. The fourth-order valence-corrected chi connectivity index (χ4v) is 6.87. The van der Waals surface area contributed by atoms with Crippen LogP contribution in [0, 0.1) is 6.92 Å². The molecule has 1 aliphatic carbocycles. The standard InChI is InChI=1S/C39H32N2/c1-25-11-12-30-19-22-35-36(24-37(29-8-3-2-4-9-29)41-39(35)38(30)40-25)28-15-13-26(14-16-28)31-20-21-34-32(23-31)18-17-27-7-5-6-10-33(27)34/h5-7,10-24,29H,2-4,8-9H2,1H3. The Balaban J connectivity index is 1.25. The van der Waals surface area contributed by atoms with Gasteiger partial charge in [-0.1, -0.05) is 110 Å². The Hall–Kier alpha value is -4.56. The van der Waals surface area contributed by atoms with Crippen LogP contribution in [0.15, 0.2) is 109 Å². The van der Waals surface area contributed by atoms with Crippen LogP contribution in [-0.4, -0.2) is 9.97 Å². The lowest BCUT2D eigenvalue weighted by Crippen LogP contribution is -2.07. The summed E-state index contributed by atoms with van der Waals surface area (Å²) in [4.78, 5) is 10.3. The molecule has 0 unspecified atom stereocenters. The third kappa shape index (κ3) is 4.26. The highest BCUT2D eigenvalue weighted by molar-refractivity contribution is 6.09. The zero-order valence-electron chi connectivity index (χ0n) is 23.4. The molecule has 0 bridgehead atoms. The highest BCUT2D eigenvalue weighted by Gasteiger charge is 2.20. The van der Waals surface area contributed by atoms with Crippen molar-refractivity contribution < 1.29 is 0 Å². The van der Waals surface area contributed by atoms with Gasteiger partial charge in [0.2, 0.25) is 0 Å². The zero-order valence-corrected chi connectivity index (χ0v) is 23.4. The molecule has 1 fully saturated rings. The molecule has 2 heterocycles. The van der Waals surface area contributed by atoms with Gasteiger partial charge in [0.05, 0.1) is 11.0 Å². The minimum absolute atomic E-state index is 0.528. The average molecular weight is 529 g/mol. The predicted octanol–water partition coefficient (Wildman–Crippen LogP) is 10.8. The molecular formula is C39H32N2. The van der Waals surface area contributed by atoms with E-state index in [-0.39, 0.29) is 0 Å². The van der Waals surface area contributed by atoms with Crippen molar-refractivity contribution in [3.8, 4) is 22.3 Å². The molecule has 0 amide bonds. The third-order valence-corrected chi connectivity index (χ3v) is 9.10. The maximum atomic E-state index is 5.31. The summed E-state index contributed by atoms with van der Waals surface area (Å²) in [5.41, 5.74) is 9.29. The van der Waals surface area contributed by atoms with Crippen LogP contribution in [0.1, 0.15) is 49.4 Å². The lowest BCUT2D eigenvalue weighted by atomic mass is 9.85. The van der Waals surface area contributed by atoms with E-state index in [1.807, 2.05) is 0 Å². The maximum absolute atomic E-state index is 5.31. The molecule has 0 aliphatic heterocycles. The van der Waals surface area contributed by atoms with Gasteiger partial charge in [-0.3, -0.25) is 9.97 Å². The summed E-state index contributed by atoms with van der Waals surface area (Å²) in [6, 6.07) is 40.1. The number of aromatic nitrogens is 2. The van der Waals surface area contributed by atoms with Crippen molar-refractivity contribution in [1.29, 1.82) is 0 Å². The van der Waals surface area contributed by atoms with Crippen LogP contribution in [0.25, 0.3) is 65.6 Å². The number of pyridine rings is 2. The van der Waals surface area contributed by atoms with Crippen LogP contribution in [0.3, 0.4) is 0 Å². The summed E-state index contributed by atoms with van der Waals surface area (Å²) in [6.07, 6.45) is 6.38. The first-order valence-electron chi connectivity index (χ1n) is 14.9. The molecule has 0 spiro atoms. The fourth-order valence-electron chi connectivity index (χ4n) is 6.87. The summed E-state index contributed by atoms with van der Waals surface area (Å²) >= 11 is 0. The fraction of sp³-hybridized carbons (Fsp3) is 0.179. The minimum atomic E-state index is 0.528. The van der Waals surface area contributed by atoms with E-state index >= 15 is 0 Å². The van der Waals surface area contributed by atoms with Gasteiger partial charge in [-0.15, -0.1) is 0 Å². The molecular weight excluding hydrogens is 496 g/mol. The van der Waals surface area contributed by atoms with Crippen molar-refractivity contribution in [3.63, 3.8) is 0 Å². The number of benzene rings is 5. The van der Waals surface area contributed by atoms with Gasteiger partial charge in [-0.05, 0) is 81.8 Å². The van der Waals surface area contributed by atoms with Crippen LogP contribution in [0.5, 0.6) is 0 Å². The van der Waals surface area contributed by atoms with Crippen molar-refractivity contribution in [2.75, 3.05) is 0 Å². The quantitative estimate of drug-likeness (QED) is 0.213. The second kappa shape index (κ2) is 9.82. The van der Waals surface area contributed by atoms with E-state index in [4.69, 9.17) is 9.97 Å². The summed E-state index contributed by atoms with van der Waals surface area (Å²) in [6.45, 7) is 2.07. The van der Waals surface area contributed by atoms with Crippen LogP contribution in [-0.2, 0) is 0 Å². The lowest BCUT2D eigenvalue weighted by molar-refractivity contribution is 0.437. The highest BCUT2D eigenvalue weighted by Crippen LogP contribution is 2.39. The third-order valence-electron chi connectivity index (χ3n) is 9.10. The first-order chi connectivity index (χ1) is 20.2. The molecule has 0 N–H and O–H groups in total. The Morgan fingerprint density at radius 3 is 2.07 bits per heavy atom. The van der Waals surface area contributed by atoms with Gasteiger partial charge >= 0.3 is 0 Å². The largest absolute Gasteiger partial charge is 0.251 e. The summed E-state index contributed by atoms with van der Waals surface area (Å²) in [5, 5.41) is 7.51. The van der Waals surface area contributed by atoms with Gasteiger partial charge in [0, 0.05) is 28.1 Å². The van der Waals surface area contributed by atoms with Crippen LogP contribution >= 0.6 is 0 Å². The average Bonchev–Trinajstić information content (AvgIpc) is 3.04. The summed E-state index contributed by atoms with van der Waals surface area (Å²) in [7, 11) is 0. The van der Waals surface area contributed by atoms with Crippen molar-refractivity contribution >= 4 is 43.4 Å². The Labute approximate surface area is 240 Å². The number of nitrogens with zero attached hydrogens (tertiary/aromatic N) is 2. The normalized spacial score (nSPS) is 14.4. The van der Waals surface area contributed by atoms with E-state index in [1.54, 1.807) is 0 Å². The number of hydrogen-bond donors (Lipinski definition) is 0. The molecule has 1 saturated carbocycles. The predicted molar refractivity (Wildman–Crippen MR) is 173 cm³/mol. The maximum Gasteiger partial charge on any atom is 0.0974 e. The monoisotopic (exact) mass is 528 g/mol.